The molecular weight excluding hydrogens is 535 g/mol. The molecule has 2 saturated heterocycles. The summed E-state index contributed by atoms with van der Waals surface area (Å²) in [7, 11) is 0. The van der Waals surface area contributed by atoms with E-state index in [1.807, 2.05) is 26.8 Å². The first-order valence-corrected chi connectivity index (χ1v) is 11.6. The molecule has 1 atom stereocenters. The molecule has 1 unspecified atom stereocenters. The minimum atomic E-state index is -0.488. The van der Waals surface area contributed by atoms with Gasteiger partial charge in [-0.05, 0) is 40.2 Å². The Bertz CT molecular complexity index is 751. The molecule has 1 amide bonds. The number of aliphatic imine (C=N–C) groups is 1. The number of hydrogen-bond acceptors (Lipinski definition) is 7. The van der Waals surface area contributed by atoms with Crippen molar-refractivity contribution in [3.05, 3.63) is 18.5 Å². The second kappa shape index (κ2) is 13.1. The largest absolute Gasteiger partial charge is 0.444 e. The summed E-state index contributed by atoms with van der Waals surface area (Å²) in [6.45, 7) is 15.6. The lowest BCUT2D eigenvalue weighted by molar-refractivity contribution is 0.0507. The van der Waals surface area contributed by atoms with E-state index >= 15 is 0 Å². The van der Waals surface area contributed by atoms with E-state index in [0.29, 0.717) is 0 Å². The number of piperazine rings is 1. The summed E-state index contributed by atoms with van der Waals surface area (Å²) in [4.78, 5) is 32.5. The molecule has 2 aliphatic heterocycles. The number of rotatable bonds is 6. The number of aromatic nitrogens is 2. The summed E-state index contributed by atoms with van der Waals surface area (Å²) >= 11 is 0. The van der Waals surface area contributed by atoms with Gasteiger partial charge in [-0.2, -0.15) is 0 Å². The molecule has 0 aliphatic carbocycles. The van der Waals surface area contributed by atoms with Crippen LogP contribution in [0.4, 0.5) is 10.7 Å². The summed E-state index contributed by atoms with van der Waals surface area (Å²) in [5.74, 6) is 1.72. The van der Waals surface area contributed by atoms with Gasteiger partial charge in [0, 0.05) is 64.8 Å². The number of hydrogen-bond donors (Lipinski definition) is 2. The van der Waals surface area contributed by atoms with E-state index in [1.54, 1.807) is 12.4 Å². The van der Waals surface area contributed by atoms with Crippen LogP contribution in [0.1, 0.15) is 34.1 Å². The number of carbonyl (C=O) groups excluding carboxylic acids is 1. The predicted molar refractivity (Wildman–Crippen MR) is 141 cm³/mol. The number of guanidine groups is 1. The number of carbonyl (C=O) groups is 1. The quantitative estimate of drug-likeness (QED) is 0.302. The number of nitrogens with one attached hydrogen (secondary N) is 2. The van der Waals surface area contributed by atoms with Crippen molar-refractivity contribution in [2.24, 2.45) is 4.99 Å². The number of anilines is 1. The van der Waals surface area contributed by atoms with Crippen molar-refractivity contribution in [1.29, 1.82) is 0 Å². The molecule has 2 aliphatic rings. The maximum Gasteiger partial charge on any atom is 0.407 e. The van der Waals surface area contributed by atoms with E-state index in [-0.39, 0.29) is 36.1 Å². The van der Waals surface area contributed by atoms with Crippen molar-refractivity contribution in [1.82, 2.24) is 30.4 Å². The zero-order chi connectivity index (χ0) is 23.0. The minimum Gasteiger partial charge on any atom is -0.444 e. The van der Waals surface area contributed by atoms with Crippen molar-refractivity contribution < 1.29 is 9.53 Å². The molecule has 10 nitrogen and oxygen atoms in total. The first-order chi connectivity index (χ1) is 15.3. The van der Waals surface area contributed by atoms with Gasteiger partial charge >= 0.3 is 6.09 Å². The molecule has 11 heteroatoms. The topological polar surface area (TPSA) is 98.2 Å². The fourth-order valence-electron chi connectivity index (χ4n) is 3.89. The average Bonchev–Trinajstić information content (AvgIpc) is 3.21. The van der Waals surface area contributed by atoms with Gasteiger partial charge in [0.15, 0.2) is 5.96 Å². The zero-order valence-corrected chi connectivity index (χ0v) is 22.6. The Kier molecular flexibility index (Phi) is 10.9. The monoisotopic (exact) mass is 574 g/mol. The molecule has 3 heterocycles. The lowest BCUT2D eigenvalue weighted by Crippen LogP contribution is -2.48. The van der Waals surface area contributed by atoms with Gasteiger partial charge in [0.05, 0.1) is 12.6 Å². The smallest absolute Gasteiger partial charge is 0.407 e. The third kappa shape index (κ3) is 9.11. The van der Waals surface area contributed by atoms with E-state index in [2.05, 4.69) is 42.2 Å². The molecule has 0 bridgehead atoms. The van der Waals surface area contributed by atoms with Gasteiger partial charge in [-0.1, -0.05) is 0 Å². The highest BCUT2D eigenvalue weighted by Crippen LogP contribution is 2.13. The van der Waals surface area contributed by atoms with E-state index < -0.39 is 5.60 Å². The van der Waals surface area contributed by atoms with E-state index in [1.165, 1.54) is 0 Å². The van der Waals surface area contributed by atoms with Crippen molar-refractivity contribution >= 4 is 42.0 Å². The maximum atomic E-state index is 12.1. The normalized spacial score (nSPS) is 19.8. The second-order valence-corrected chi connectivity index (χ2v) is 9.19. The molecule has 0 radical (unpaired) electrons. The molecule has 0 spiro atoms. The third-order valence-corrected chi connectivity index (χ3v) is 5.43. The van der Waals surface area contributed by atoms with Gasteiger partial charge in [-0.25, -0.2) is 14.8 Å². The molecule has 33 heavy (non-hydrogen) atoms. The lowest BCUT2D eigenvalue weighted by atomic mass is 10.2. The van der Waals surface area contributed by atoms with E-state index in [4.69, 9.17) is 9.73 Å². The van der Waals surface area contributed by atoms with Gasteiger partial charge < -0.3 is 25.2 Å². The molecule has 1 aromatic heterocycles. The van der Waals surface area contributed by atoms with Crippen molar-refractivity contribution in [2.75, 3.05) is 63.8 Å². The molecule has 186 valence electrons. The summed E-state index contributed by atoms with van der Waals surface area (Å²) in [5.41, 5.74) is -0.488. The molecule has 2 fully saturated rings. The zero-order valence-electron chi connectivity index (χ0n) is 20.3. The fourth-order valence-corrected chi connectivity index (χ4v) is 3.89. The van der Waals surface area contributed by atoms with Crippen molar-refractivity contribution in [2.45, 2.75) is 45.8 Å². The van der Waals surface area contributed by atoms with Gasteiger partial charge in [0.2, 0.25) is 5.95 Å². The highest BCUT2D eigenvalue weighted by Gasteiger charge is 2.28. The lowest BCUT2D eigenvalue weighted by Gasteiger charge is -2.34. The SMILES string of the molecule is CCNC(=NCCN1CCN(c2ncccn2)CC1)N1CCC(NC(=O)OC(C)(C)C)C1.I. The van der Waals surface area contributed by atoms with E-state index in [0.717, 1.165) is 77.2 Å². The van der Waals surface area contributed by atoms with Crippen molar-refractivity contribution in [3.63, 3.8) is 0 Å². The molecule has 0 saturated carbocycles. The van der Waals surface area contributed by atoms with Crippen LogP contribution < -0.4 is 15.5 Å². The Labute approximate surface area is 214 Å². The number of alkyl carbamates (subject to hydrolysis) is 1. The van der Waals surface area contributed by atoms with Crippen LogP contribution in [0.15, 0.2) is 23.5 Å². The fraction of sp³-hybridized carbons (Fsp3) is 0.727. The highest BCUT2D eigenvalue weighted by molar-refractivity contribution is 14.0. The standard InChI is InChI=1S/C22H38N8O2.HI/c1-5-23-19(30-11-7-18(17-30)27-21(31)32-22(2,3)4)26-10-12-28-13-15-29(16-14-28)20-24-8-6-9-25-20;/h6,8-9,18H,5,7,10-17H2,1-4H3,(H,23,26)(H,27,31);1H. The summed E-state index contributed by atoms with van der Waals surface area (Å²) in [6, 6.07) is 1.91. The number of ether oxygens (including phenoxy) is 1. The van der Waals surface area contributed by atoms with Gasteiger partial charge in [0.25, 0.3) is 0 Å². The number of likely N-dealkylation sites (tertiary alicyclic amines) is 1. The number of amides is 1. The van der Waals surface area contributed by atoms with Gasteiger partial charge in [0.1, 0.15) is 5.60 Å². The predicted octanol–water partition coefficient (Wildman–Crippen LogP) is 1.78. The Balaban J connectivity index is 0.00000385. The summed E-state index contributed by atoms with van der Waals surface area (Å²) in [5, 5.41) is 6.37. The van der Waals surface area contributed by atoms with E-state index in [9.17, 15) is 4.79 Å². The summed E-state index contributed by atoms with van der Waals surface area (Å²) in [6.07, 6.45) is 4.11. The van der Waals surface area contributed by atoms with Crippen LogP contribution >= 0.6 is 24.0 Å². The average molecular weight is 575 g/mol. The number of nitrogens with zero attached hydrogens (tertiary/aromatic N) is 6. The third-order valence-electron chi connectivity index (χ3n) is 5.43. The molecular formula is C22H39IN8O2. The maximum absolute atomic E-state index is 12.1. The first-order valence-electron chi connectivity index (χ1n) is 11.6. The van der Waals surface area contributed by atoms with Gasteiger partial charge in [-0.3, -0.25) is 9.89 Å². The molecule has 1 aromatic rings. The Morgan fingerprint density at radius 2 is 1.88 bits per heavy atom. The van der Waals surface area contributed by atoms with Crippen LogP contribution in [0.3, 0.4) is 0 Å². The Morgan fingerprint density at radius 3 is 2.52 bits per heavy atom. The minimum absolute atomic E-state index is 0. The van der Waals surface area contributed by atoms with Gasteiger partial charge in [-0.15, -0.1) is 24.0 Å². The van der Waals surface area contributed by atoms with Crippen LogP contribution in [-0.4, -0.2) is 102 Å². The number of halogens is 1. The Morgan fingerprint density at radius 1 is 1.18 bits per heavy atom. The molecule has 0 aromatic carbocycles. The van der Waals surface area contributed by atoms with Crippen LogP contribution in [0, 0.1) is 0 Å². The summed E-state index contributed by atoms with van der Waals surface area (Å²) < 4.78 is 5.38. The van der Waals surface area contributed by atoms with Crippen LogP contribution in [0.25, 0.3) is 0 Å². The molecule has 2 N–H and O–H groups in total. The molecule has 3 rings (SSSR count). The first kappa shape index (κ1) is 27.4. The Hall–Kier alpha value is -1.89. The van der Waals surface area contributed by atoms with Crippen molar-refractivity contribution in [3.8, 4) is 0 Å². The van der Waals surface area contributed by atoms with Crippen LogP contribution in [0.5, 0.6) is 0 Å². The van der Waals surface area contributed by atoms with Crippen LogP contribution in [-0.2, 0) is 4.74 Å². The highest BCUT2D eigenvalue weighted by atomic mass is 127. The van der Waals surface area contributed by atoms with Crippen LogP contribution in [0.2, 0.25) is 0 Å². The second-order valence-electron chi connectivity index (χ2n) is 9.19.